The average Bonchev–Trinajstić information content (AvgIpc) is 3.33. The number of hydrogen-bond donors (Lipinski definition) is 0. The summed E-state index contributed by atoms with van der Waals surface area (Å²) in [7, 11) is 15.8. The van der Waals surface area contributed by atoms with Crippen LogP contribution in [0.2, 0.25) is 0 Å². The monoisotopic (exact) mass is 704 g/mol. The number of halogens is 2. The first-order valence-corrected chi connectivity index (χ1v) is 19.1. The topological polar surface area (TPSA) is 59.1 Å². The number of hydrogen-bond acceptors (Lipinski definition) is 6. The van der Waals surface area contributed by atoms with Crippen molar-refractivity contribution in [1.29, 1.82) is 0 Å². The van der Waals surface area contributed by atoms with E-state index in [0.29, 0.717) is 6.42 Å². The van der Waals surface area contributed by atoms with E-state index in [1.54, 1.807) is 6.42 Å². The van der Waals surface area contributed by atoms with Crippen molar-refractivity contribution in [1.82, 2.24) is 0 Å². The Hall–Kier alpha value is -2.21. The molecule has 42 heavy (non-hydrogen) atoms. The first-order chi connectivity index (χ1) is 19.8. The number of benzene rings is 2. The molecule has 0 atom stereocenters. The van der Waals surface area contributed by atoms with E-state index >= 15 is 0 Å². The quantitative estimate of drug-likeness (QED) is 0.0882. The predicted molar refractivity (Wildman–Crippen MR) is 173 cm³/mol. The summed E-state index contributed by atoms with van der Waals surface area (Å²) < 4.78 is 10.4. The van der Waals surface area contributed by atoms with Crippen LogP contribution in [0.1, 0.15) is 52.6 Å². The summed E-state index contributed by atoms with van der Waals surface area (Å²) in [5.74, 6) is -1.21. The number of methoxy groups -OCH3 is 2. The van der Waals surface area contributed by atoms with E-state index in [1.165, 1.54) is 65.1 Å². The second-order valence-electron chi connectivity index (χ2n) is 10.6. The molecule has 0 N–H and O–H groups in total. The van der Waals surface area contributed by atoms with E-state index in [-0.39, 0.29) is 12.8 Å². The molecule has 0 aliphatic carbocycles. The molecule has 1 heterocycles. The Kier molecular flexibility index (Phi) is 13.7. The van der Waals surface area contributed by atoms with Crippen molar-refractivity contribution >= 4 is 47.0 Å². The van der Waals surface area contributed by atoms with Gasteiger partial charge in [0.25, 0.3) is 0 Å². The van der Waals surface area contributed by atoms with Crippen molar-refractivity contribution in [3.8, 4) is 0 Å². The number of carbonyl (C=O) groups excluding carboxylic acids is 2. The van der Waals surface area contributed by atoms with Gasteiger partial charge >= 0.3 is 183 Å². The molecular formula is C33H44Cl2N2O4Ru-2. The zero-order chi connectivity index (χ0) is 31.8. The van der Waals surface area contributed by atoms with E-state index in [9.17, 15) is 9.59 Å². The number of allylic oxidation sites excluding steroid dienone is 1. The number of nitrogens with zero attached hydrogens (tertiary/aromatic N) is 2. The van der Waals surface area contributed by atoms with Crippen LogP contribution in [-0.2, 0) is 32.6 Å². The fourth-order valence-electron chi connectivity index (χ4n) is 5.75. The van der Waals surface area contributed by atoms with Crippen molar-refractivity contribution in [3.63, 3.8) is 0 Å². The zero-order valence-electron chi connectivity index (χ0n) is 26.1. The summed E-state index contributed by atoms with van der Waals surface area (Å²) in [6, 6.07) is 8.96. The van der Waals surface area contributed by atoms with Gasteiger partial charge in [-0.15, -0.1) is 6.58 Å². The fourth-order valence-corrected chi connectivity index (χ4v) is 8.95. The summed E-state index contributed by atoms with van der Waals surface area (Å²) in [5.41, 5.74) is 8.90. The molecule has 0 unspecified atom stereocenters. The molecule has 0 radical (unpaired) electrons. The van der Waals surface area contributed by atoms with E-state index in [1.807, 2.05) is 0 Å². The normalized spacial score (nSPS) is 13.4. The van der Waals surface area contributed by atoms with Gasteiger partial charge in [0.2, 0.25) is 0 Å². The summed E-state index contributed by atoms with van der Waals surface area (Å²) in [6.07, 6.45) is 4.19. The van der Waals surface area contributed by atoms with Crippen molar-refractivity contribution < 1.29 is 32.6 Å². The van der Waals surface area contributed by atoms with Gasteiger partial charge in [0.1, 0.15) is 5.41 Å². The SMILES string of the molecule is C=CCC(C[CH-]C[CH2-])(C(=O)OC)C(=O)OC.Cc1cc(C)c(N2CCN(c3c(C)cc(C)cc3C)[C]2=[Ru]([Cl])[Cl])c(C)c1. The number of ether oxygens (including phenoxy) is 2. The molecular weight excluding hydrogens is 660 g/mol. The van der Waals surface area contributed by atoms with Crippen LogP contribution in [0.4, 0.5) is 11.4 Å². The van der Waals surface area contributed by atoms with Crippen LogP contribution in [0.15, 0.2) is 36.9 Å². The van der Waals surface area contributed by atoms with Crippen LogP contribution in [0.3, 0.4) is 0 Å². The van der Waals surface area contributed by atoms with Crippen molar-refractivity contribution in [2.45, 2.75) is 60.8 Å². The Morgan fingerprint density at radius 3 is 1.57 bits per heavy atom. The molecule has 2 aromatic carbocycles. The average molecular weight is 705 g/mol. The third-order valence-electron chi connectivity index (χ3n) is 7.25. The Morgan fingerprint density at radius 2 is 1.29 bits per heavy atom. The molecule has 1 aliphatic heterocycles. The maximum absolute atomic E-state index is 11.7. The molecule has 0 aromatic heterocycles. The number of aryl methyl sites for hydroxylation is 6. The van der Waals surface area contributed by atoms with Gasteiger partial charge in [-0.05, 0) is 6.42 Å². The molecule has 6 nitrogen and oxygen atoms in total. The van der Waals surface area contributed by atoms with E-state index in [4.69, 9.17) is 19.4 Å². The Balaban J connectivity index is 0.000000334. The molecule has 3 rings (SSSR count). The first kappa shape index (κ1) is 36.0. The third kappa shape index (κ3) is 8.04. The van der Waals surface area contributed by atoms with Crippen LogP contribution in [0, 0.1) is 60.3 Å². The maximum atomic E-state index is 11.7. The zero-order valence-corrected chi connectivity index (χ0v) is 29.3. The van der Waals surface area contributed by atoms with Crippen LogP contribution >= 0.6 is 19.4 Å². The number of anilines is 2. The van der Waals surface area contributed by atoms with Gasteiger partial charge in [0.05, 0.1) is 14.2 Å². The van der Waals surface area contributed by atoms with E-state index < -0.39 is 30.9 Å². The van der Waals surface area contributed by atoms with Gasteiger partial charge in [0.15, 0.2) is 0 Å². The molecule has 1 aliphatic rings. The fraction of sp³-hybridized carbons (Fsp3) is 0.424. The molecule has 0 bridgehead atoms. The van der Waals surface area contributed by atoms with Gasteiger partial charge in [-0.3, -0.25) is 9.59 Å². The Bertz CT molecular complexity index is 1210. The number of esters is 2. The molecule has 2 aromatic rings. The van der Waals surface area contributed by atoms with Crippen LogP contribution < -0.4 is 9.80 Å². The van der Waals surface area contributed by atoms with Crippen LogP contribution in [0.25, 0.3) is 0 Å². The minimum atomic E-state index is -2.12. The van der Waals surface area contributed by atoms with Crippen molar-refractivity contribution in [2.24, 2.45) is 5.41 Å². The second kappa shape index (κ2) is 16.0. The molecule has 0 spiro atoms. The minimum absolute atomic E-state index is 0.183. The summed E-state index contributed by atoms with van der Waals surface area (Å²) in [4.78, 5) is 28.2. The van der Waals surface area contributed by atoms with E-state index in [0.717, 1.165) is 17.4 Å². The molecule has 234 valence electrons. The Labute approximate surface area is 265 Å². The van der Waals surface area contributed by atoms with Gasteiger partial charge in [0, 0.05) is 0 Å². The molecule has 0 saturated carbocycles. The molecule has 9 heteroatoms. The standard InChI is InChI=1S/C21H26N2.C12H18O4.2ClH.Ru/c1-14-9-16(3)20(17(4)10-14)22-7-8-23(13-22)21-18(5)11-15(2)12-19(21)6;1-5-7-9-12(8-6-2,10(13)15-3)11(14)16-4;;;/h9-12H,7-8H2,1-6H3;6-7H,1-2,5,8-9H2,3-4H3;2*1H;/q;-2;;;+2/p-2. The molecule has 0 amide bonds. The van der Waals surface area contributed by atoms with Gasteiger partial charge in [-0.25, -0.2) is 0 Å². The van der Waals surface area contributed by atoms with Gasteiger partial charge in [-0.1, -0.05) is 6.08 Å². The predicted octanol–water partition coefficient (Wildman–Crippen LogP) is 7.59. The first-order valence-electron chi connectivity index (χ1n) is 13.8. The summed E-state index contributed by atoms with van der Waals surface area (Å²) in [5, 5.41) is 0. The van der Waals surface area contributed by atoms with Crippen LogP contribution in [0.5, 0.6) is 0 Å². The van der Waals surface area contributed by atoms with Crippen molar-refractivity contribution in [2.75, 3.05) is 37.1 Å². The second-order valence-corrected chi connectivity index (χ2v) is 16.2. The number of unbranched alkanes of at least 4 members (excludes halogenated alkanes) is 1. The number of rotatable bonds is 9. The molecule has 1 fully saturated rings. The molecule has 1 saturated heterocycles. The van der Waals surface area contributed by atoms with Crippen molar-refractivity contribution in [3.05, 3.63) is 83.6 Å². The number of carbonyl (C=O) groups is 2. The summed E-state index contributed by atoms with van der Waals surface area (Å²) in [6.45, 7) is 22.0. The van der Waals surface area contributed by atoms with E-state index in [2.05, 4.69) is 98.6 Å². The summed E-state index contributed by atoms with van der Waals surface area (Å²) >= 11 is -2.12. The van der Waals surface area contributed by atoms with Gasteiger partial charge in [-0.2, -0.15) is 6.42 Å². The van der Waals surface area contributed by atoms with Crippen LogP contribution in [-0.4, -0.2) is 43.6 Å². The van der Waals surface area contributed by atoms with Gasteiger partial charge < -0.3 is 29.2 Å². The third-order valence-corrected chi connectivity index (χ3v) is 10.2. The Morgan fingerprint density at radius 1 is 0.905 bits per heavy atom.